The van der Waals surface area contributed by atoms with E-state index in [-0.39, 0.29) is 12.0 Å². The van der Waals surface area contributed by atoms with Gasteiger partial charge in [0, 0.05) is 24.5 Å². The molecule has 1 fully saturated rings. The summed E-state index contributed by atoms with van der Waals surface area (Å²) < 4.78 is 5.40. The van der Waals surface area contributed by atoms with Crippen LogP contribution in [-0.4, -0.2) is 23.6 Å². The number of pyridine rings is 1. The Kier molecular flexibility index (Phi) is 4.88. The molecule has 1 atom stereocenters. The minimum absolute atomic E-state index is 0.0621. The average molecular weight is 311 g/mol. The van der Waals surface area contributed by atoms with Crippen LogP contribution in [0.2, 0.25) is 0 Å². The van der Waals surface area contributed by atoms with Gasteiger partial charge < -0.3 is 15.4 Å². The molecule has 1 unspecified atom stereocenters. The van der Waals surface area contributed by atoms with Gasteiger partial charge in [0.15, 0.2) is 0 Å². The second kappa shape index (κ2) is 7.24. The summed E-state index contributed by atoms with van der Waals surface area (Å²) in [6.07, 6.45) is 1.44. The van der Waals surface area contributed by atoms with E-state index in [1.807, 2.05) is 49.4 Å². The van der Waals surface area contributed by atoms with Crippen LogP contribution in [0.5, 0.6) is 0 Å². The zero-order valence-electron chi connectivity index (χ0n) is 13.2. The van der Waals surface area contributed by atoms with Crippen molar-refractivity contribution in [1.82, 2.24) is 4.98 Å². The molecule has 5 heteroatoms. The van der Waals surface area contributed by atoms with Gasteiger partial charge in [0.1, 0.15) is 11.9 Å². The van der Waals surface area contributed by atoms with E-state index in [2.05, 4.69) is 15.6 Å². The summed E-state index contributed by atoms with van der Waals surface area (Å²) in [5.41, 5.74) is 2.85. The number of ether oxygens (including phenoxy) is 1. The van der Waals surface area contributed by atoms with Crippen molar-refractivity contribution in [2.24, 2.45) is 0 Å². The second-order valence-electron chi connectivity index (χ2n) is 5.71. The molecule has 0 saturated carbocycles. The van der Waals surface area contributed by atoms with Gasteiger partial charge in [0.25, 0.3) is 5.91 Å². The van der Waals surface area contributed by atoms with Crippen LogP contribution in [0.1, 0.15) is 24.1 Å². The van der Waals surface area contributed by atoms with Crippen LogP contribution < -0.4 is 10.6 Å². The van der Waals surface area contributed by atoms with E-state index in [4.69, 9.17) is 4.74 Å². The molecule has 23 heavy (non-hydrogen) atoms. The van der Waals surface area contributed by atoms with Crippen molar-refractivity contribution in [3.63, 3.8) is 0 Å². The number of hydrogen-bond acceptors (Lipinski definition) is 4. The number of nitrogens with zero attached hydrogens (tertiary/aromatic N) is 1. The summed E-state index contributed by atoms with van der Waals surface area (Å²) in [7, 11) is 0. The molecule has 5 nitrogen and oxygen atoms in total. The number of carbonyl (C=O) groups excluding carboxylic acids is 1. The van der Waals surface area contributed by atoms with Crippen LogP contribution in [0.3, 0.4) is 0 Å². The fourth-order valence-corrected chi connectivity index (χ4v) is 2.60. The second-order valence-corrected chi connectivity index (χ2v) is 5.71. The highest BCUT2D eigenvalue weighted by Gasteiger charge is 2.23. The van der Waals surface area contributed by atoms with Gasteiger partial charge in [-0.1, -0.05) is 18.2 Å². The molecule has 1 saturated heterocycles. The lowest BCUT2D eigenvalue weighted by Crippen LogP contribution is -2.26. The smallest absolute Gasteiger partial charge is 0.253 e. The van der Waals surface area contributed by atoms with Crippen molar-refractivity contribution in [2.75, 3.05) is 17.2 Å². The van der Waals surface area contributed by atoms with Crippen molar-refractivity contribution >= 4 is 17.4 Å². The molecule has 1 aliphatic heterocycles. The Morgan fingerprint density at radius 3 is 2.96 bits per heavy atom. The van der Waals surface area contributed by atoms with Gasteiger partial charge in [-0.25, -0.2) is 4.98 Å². The molecule has 1 amide bonds. The molecule has 120 valence electrons. The summed E-state index contributed by atoms with van der Waals surface area (Å²) >= 11 is 0. The van der Waals surface area contributed by atoms with Crippen LogP contribution >= 0.6 is 0 Å². The number of aromatic nitrogens is 1. The lowest BCUT2D eigenvalue weighted by Gasteiger charge is -2.12. The van der Waals surface area contributed by atoms with Crippen molar-refractivity contribution in [1.29, 1.82) is 0 Å². The van der Waals surface area contributed by atoms with E-state index in [0.29, 0.717) is 13.2 Å². The third-order valence-corrected chi connectivity index (χ3v) is 3.78. The Morgan fingerprint density at radius 2 is 2.17 bits per heavy atom. The zero-order valence-corrected chi connectivity index (χ0v) is 13.2. The highest BCUT2D eigenvalue weighted by molar-refractivity contribution is 5.94. The fraction of sp³-hybridized carbons (Fsp3) is 0.333. The molecule has 2 N–H and O–H groups in total. The Bertz CT molecular complexity index is 681. The predicted molar refractivity (Wildman–Crippen MR) is 90.3 cm³/mol. The van der Waals surface area contributed by atoms with E-state index in [1.54, 1.807) is 0 Å². The first-order valence-electron chi connectivity index (χ1n) is 7.90. The molecular formula is C18H21N3O2. The number of anilines is 2. The molecule has 2 heterocycles. The molecule has 1 aromatic heterocycles. The van der Waals surface area contributed by atoms with Gasteiger partial charge in [-0.3, -0.25) is 4.79 Å². The molecule has 1 aromatic carbocycles. The Hall–Kier alpha value is -2.40. The number of hydrogen-bond donors (Lipinski definition) is 2. The molecule has 2 aromatic rings. The highest BCUT2D eigenvalue weighted by atomic mass is 16.5. The molecule has 0 radical (unpaired) electrons. The van der Waals surface area contributed by atoms with Crippen LogP contribution in [0.4, 0.5) is 11.5 Å². The number of amides is 1. The topological polar surface area (TPSA) is 63.2 Å². The van der Waals surface area contributed by atoms with Gasteiger partial charge in [-0.05, 0) is 49.6 Å². The Morgan fingerprint density at radius 1 is 1.30 bits per heavy atom. The quantitative estimate of drug-likeness (QED) is 0.890. The standard InChI is InChI=1S/C18H21N3O2/c1-13-5-2-9-17(20-13)19-12-14-6-3-7-15(11-14)21-18(22)16-8-4-10-23-16/h2-3,5-7,9,11,16H,4,8,10,12H2,1H3,(H,19,20)(H,21,22). The first kappa shape index (κ1) is 15.5. The first-order valence-corrected chi connectivity index (χ1v) is 7.90. The summed E-state index contributed by atoms with van der Waals surface area (Å²) in [5.74, 6) is 0.784. The van der Waals surface area contributed by atoms with E-state index in [9.17, 15) is 4.79 Å². The Labute approximate surface area is 136 Å². The third-order valence-electron chi connectivity index (χ3n) is 3.78. The molecule has 0 aliphatic carbocycles. The highest BCUT2D eigenvalue weighted by Crippen LogP contribution is 2.17. The van der Waals surface area contributed by atoms with Crippen molar-refractivity contribution in [3.05, 3.63) is 53.7 Å². The number of nitrogens with one attached hydrogen (secondary N) is 2. The van der Waals surface area contributed by atoms with Crippen LogP contribution in [-0.2, 0) is 16.1 Å². The van der Waals surface area contributed by atoms with Crippen LogP contribution in [0, 0.1) is 6.92 Å². The first-order chi connectivity index (χ1) is 11.2. The van der Waals surface area contributed by atoms with Crippen molar-refractivity contribution in [3.8, 4) is 0 Å². The fourth-order valence-electron chi connectivity index (χ4n) is 2.60. The molecule has 1 aliphatic rings. The van der Waals surface area contributed by atoms with Crippen LogP contribution in [0.25, 0.3) is 0 Å². The molecule has 0 spiro atoms. The maximum absolute atomic E-state index is 12.1. The third kappa shape index (κ3) is 4.29. The molecule has 0 bridgehead atoms. The summed E-state index contributed by atoms with van der Waals surface area (Å²) in [5, 5.41) is 6.21. The number of carbonyl (C=O) groups is 1. The average Bonchev–Trinajstić information content (AvgIpc) is 3.08. The van der Waals surface area contributed by atoms with Gasteiger partial charge in [-0.15, -0.1) is 0 Å². The van der Waals surface area contributed by atoms with Gasteiger partial charge in [0.05, 0.1) is 0 Å². The number of aryl methyl sites for hydroxylation is 1. The monoisotopic (exact) mass is 311 g/mol. The van der Waals surface area contributed by atoms with Crippen molar-refractivity contribution < 1.29 is 9.53 Å². The molecular weight excluding hydrogens is 290 g/mol. The minimum Gasteiger partial charge on any atom is -0.368 e. The Balaban J connectivity index is 1.59. The lowest BCUT2D eigenvalue weighted by molar-refractivity contribution is -0.124. The normalized spacial score (nSPS) is 17.0. The van der Waals surface area contributed by atoms with E-state index < -0.39 is 0 Å². The zero-order chi connectivity index (χ0) is 16.1. The van der Waals surface area contributed by atoms with Gasteiger partial charge in [0.2, 0.25) is 0 Å². The van der Waals surface area contributed by atoms with E-state index in [0.717, 1.165) is 35.6 Å². The minimum atomic E-state index is -0.312. The predicted octanol–water partition coefficient (Wildman–Crippen LogP) is 3.12. The van der Waals surface area contributed by atoms with E-state index in [1.165, 1.54) is 0 Å². The largest absolute Gasteiger partial charge is 0.368 e. The maximum Gasteiger partial charge on any atom is 0.253 e. The number of rotatable bonds is 5. The summed E-state index contributed by atoms with van der Waals surface area (Å²) in [6.45, 7) is 3.29. The summed E-state index contributed by atoms with van der Waals surface area (Å²) in [6, 6.07) is 13.7. The summed E-state index contributed by atoms with van der Waals surface area (Å²) in [4.78, 5) is 16.5. The molecule has 3 rings (SSSR count). The lowest BCUT2D eigenvalue weighted by atomic mass is 10.2. The van der Waals surface area contributed by atoms with Crippen molar-refractivity contribution in [2.45, 2.75) is 32.4 Å². The SMILES string of the molecule is Cc1cccc(NCc2cccc(NC(=O)C3CCCO3)c2)n1. The van der Waals surface area contributed by atoms with Gasteiger partial charge >= 0.3 is 0 Å². The maximum atomic E-state index is 12.1. The number of benzene rings is 1. The van der Waals surface area contributed by atoms with E-state index >= 15 is 0 Å². The van der Waals surface area contributed by atoms with Crippen LogP contribution in [0.15, 0.2) is 42.5 Å². The van der Waals surface area contributed by atoms with Gasteiger partial charge in [-0.2, -0.15) is 0 Å².